The molecule has 1 aliphatic heterocycles. The number of carboxylic acids is 1. The molecule has 1 atom stereocenters. The highest BCUT2D eigenvalue weighted by molar-refractivity contribution is 5.80. The molecule has 2 N–H and O–H groups in total. The smallest absolute Gasteiger partial charge is 0.308 e. The Morgan fingerprint density at radius 1 is 1.53 bits per heavy atom. The number of likely N-dealkylation sites (tertiary alicyclic amines) is 1. The molecule has 0 aromatic rings. The van der Waals surface area contributed by atoms with Gasteiger partial charge >= 0.3 is 5.97 Å². The number of nitrogens with one attached hydrogen (secondary N) is 1. The van der Waals surface area contributed by atoms with Gasteiger partial charge < -0.3 is 15.3 Å². The first-order valence-electron chi connectivity index (χ1n) is 5.24. The van der Waals surface area contributed by atoms with Crippen LogP contribution in [0.2, 0.25) is 0 Å². The predicted octanol–water partition coefficient (Wildman–Crippen LogP) is -0.0825. The number of carbonyl (C=O) groups is 2. The molecule has 1 unspecified atom stereocenters. The van der Waals surface area contributed by atoms with Gasteiger partial charge in [-0.05, 0) is 6.42 Å². The SMILES string of the molecule is CC(C)NCC(=O)N1CCC(C(=O)O)C1. The van der Waals surface area contributed by atoms with Crippen molar-refractivity contribution in [1.29, 1.82) is 0 Å². The Hall–Kier alpha value is -1.10. The van der Waals surface area contributed by atoms with Gasteiger partial charge in [0, 0.05) is 19.1 Å². The van der Waals surface area contributed by atoms with E-state index in [0.717, 1.165) is 0 Å². The normalized spacial score (nSPS) is 21.0. The van der Waals surface area contributed by atoms with Gasteiger partial charge in [-0.1, -0.05) is 13.8 Å². The summed E-state index contributed by atoms with van der Waals surface area (Å²) in [4.78, 5) is 23.9. The minimum absolute atomic E-state index is 0.00699. The van der Waals surface area contributed by atoms with Crippen LogP contribution in [-0.4, -0.2) is 47.6 Å². The molecule has 1 heterocycles. The minimum Gasteiger partial charge on any atom is -0.481 e. The summed E-state index contributed by atoms with van der Waals surface area (Å²) in [6, 6.07) is 0.270. The molecule has 5 heteroatoms. The Kier molecular flexibility index (Phi) is 4.08. The lowest BCUT2D eigenvalue weighted by Gasteiger charge is -2.17. The number of carbonyl (C=O) groups excluding carboxylic acids is 1. The first-order chi connectivity index (χ1) is 7.00. The van der Waals surface area contributed by atoms with Crippen molar-refractivity contribution in [2.45, 2.75) is 26.3 Å². The monoisotopic (exact) mass is 214 g/mol. The van der Waals surface area contributed by atoms with Crippen LogP contribution in [0.4, 0.5) is 0 Å². The molecular weight excluding hydrogens is 196 g/mol. The van der Waals surface area contributed by atoms with Gasteiger partial charge in [0.05, 0.1) is 12.5 Å². The quantitative estimate of drug-likeness (QED) is 0.686. The highest BCUT2D eigenvalue weighted by Gasteiger charge is 2.30. The van der Waals surface area contributed by atoms with E-state index in [9.17, 15) is 9.59 Å². The third-order valence-electron chi connectivity index (χ3n) is 2.55. The maximum absolute atomic E-state index is 11.6. The summed E-state index contributed by atoms with van der Waals surface area (Å²) in [5, 5.41) is 11.8. The largest absolute Gasteiger partial charge is 0.481 e. The number of carboxylic acid groups (broad SMARTS) is 1. The topological polar surface area (TPSA) is 69.6 Å². The van der Waals surface area contributed by atoms with Crippen molar-refractivity contribution in [3.8, 4) is 0 Å². The van der Waals surface area contributed by atoms with Crippen LogP contribution in [0.25, 0.3) is 0 Å². The van der Waals surface area contributed by atoms with Gasteiger partial charge in [0.25, 0.3) is 0 Å². The molecule has 1 saturated heterocycles. The zero-order valence-electron chi connectivity index (χ0n) is 9.19. The van der Waals surface area contributed by atoms with E-state index in [1.54, 1.807) is 4.90 Å². The second kappa shape index (κ2) is 5.11. The first-order valence-corrected chi connectivity index (χ1v) is 5.24. The van der Waals surface area contributed by atoms with E-state index in [1.165, 1.54) is 0 Å². The second-order valence-corrected chi connectivity index (χ2v) is 4.20. The van der Waals surface area contributed by atoms with Crippen LogP contribution in [0, 0.1) is 5.92 Å². The van der Waals surface area contributed by atoms with Crippen molar-refractivity contribution < 1.29 is 14.7 Å². The number of aliphatic carboxylic acids is 1. The minimum atomic E-state index is -0.804. The van der Waals surface area contributed by atoms with Crippen molar-refractivity contribution in [2.24, 2.45) is 5.92 Å². The first kappa shape index (κ1) is 12.0. The van der Waals surface area contributed by atoms with E-state index in [0.29, 0.717) is 26.1 Å². The fourth-order valence-corrected chi connectivity index (χ4v) is 1.59. The van der Waals surface area contributed by atoms with E-state index < -0.39 is 5.97 Å². The molecule has 86 valence electrons. The van der Waals surface area contributed by atoms with Gasteiger partial charge in [0.15, 0.2) is 0 Å². The third kappa shape index (κ3) is 3.51. The predicted molar refractivity (Wildman–Crippen MR) is 55.5 cm³/mol. The summed E-state index contributed by atoms with van der Waals surface area (Å²) in [5.41, 5.74) is 0. The summed E-state index contributed by atoms with van der Waals surface area (Å²) < 4.78 is 0. The fourth-order valence-electron chi connectivity index (χ4n) is 1.59. The van der Waals surface area contributed by atoms with Crippen molar-refractivity contribution >= 4 is 11.9 Å². The molecule has 0 aliphatic carbocycles. The van der Waals surface area contributed by atoms with Crippen molar-refractivity contribution in [2.75, 3.05) is 19.6 Å². The number of hydrogen-bond donors (Lipinski definition) is 2. The fraction of sp³-hybridized carbons (Fsp3) is 0.800. The van der Waals surface area contributed by atoms with Crippen molar-refractivity contribution in [3.63, 3.8) is 0 Å². The van der Waals surface area contributed by atoms with Gasteiger partial charge in [0.1, 0.15) is 0 Å². The molecule has 15 heavy (non-hydrogen) atoms. The summed E-state index contributed by atoms with van der Waals surface area (Å²) >= 11 is 0. The van der Waals surface area contributed by atoms with Crippen molar-refractivity contribution in [1.82, 2.24) is 10.2 Å². The standard InChI is InChI=1S/C10H18N2O3/c1-7(2)11-5-9(13)12-4-3-8(6-12)10(14)15/h7-8,11H,3-6H2,1-2H3,(H,14,15). The van der Waals surface area contributed by atoms with Crippen LogP contribution in [-0.2, 0) is 9.59 Å². The van der Waals surface area contributed by atoms with Gasteiger partial charge in [-0.2, -0.15) is 0 Å². The summed E-state index contributed by atoms with van der Waals surface area (Å²) in [6.45, 7) is 5.15. The molecule has 0 spiro atoms. The lowest BCUT2D eigenvalue weighted by atomic mass is 10.1. The highest BCUT2D eigenvalue weighted by Crippen LogP contribution is 2.15. The number of nitrogens with zero attached hydrogens (tertiary/aromatic N) is 1. The molecule has 5 nitrogen and oxygen atoms in total. The van der Waals surface area contributed by atoms with Crippen LogP contribution in [0.5, 0.6) is 0 Å². The second-order valence-electron chi connectivity index (χ2n) is 4.20. The van der Waals surface area contributed by atoms with Gasteiger partial charge in [-0.3, -0.25) is 9.59 Å². The van der Waals surface area contributed by atoms with Crippen molar-refractivity contribution in [3.05, 3.63) is 0 Å². The van der Waals surface area contributed by atoms with Crippen LogP contribution in [0.3, 0.4) is 0 Å². The lowest BCUT2D eigenvalue weighted by molar-refractivity contribution is -0.141. The highest BCUT2D eigenvalue weighted by atomic mass is 16.4. The Labute approximate surface area is 89.4 Å². The summed E-state index contributed by atoms with van der Waals surface area (Å²) in [5.74, 6) is -1.19. The molecule has 0 aromatic heterocycles. The Balaban J connectivity index is 2.33. The molecule has 1 aliphatic rings. The van der Waals surface area contributed by atoms with E-state index in [-0.39, 0.29) is 17.9 Å². The molecule has 0 radical (unpaired) electrons. The van der Waals surface area contributed by atoms with Crippen LogP contribution < -0.4 is 5.32 Å². The molecule has 0 aromatic carbocycles. The molecular formula is C10H18N2O3. The number of amides is 1. The van der Waals surface area contributed by atoms with Crippen LogP contribution in [0.1, 0.15) is 20.3 Å². The van der Waals surface area contributed by atoms with Crippen LogP contribution >= 0.6 is 0 Å². The van der Waals surface area contributed by atoms with E-state index in [2.05, 4.69) is 5.32 Å². The molecule has 1 fully saturated rings. The maximum Gasteiger partial charge on any atom is 0.308 e. The summed E-state index contributed by atoms with van der Waals surface area (Å²) in [6.07, 6.45) is 0.572. The Morgan fingerprint density at radius 3 is 2.67 bits per heavy atom. The molecule has 1 rings (SSSR count). The molecule has 1 amide bonds. The summed E-state index contributed by atoms with van der Waals surface area (Å²) in [7, 11) is 0. The van der Waals surface area contributed by atoms with E-state index in [4.69, 9.17) is 5.11 Å². The van der Waals surface area contributed by atoms with Gasteiger partial charge in [-0.15, -0.1) is 0 Å². The molecule has 0 saturated carbocycles. The Bertz CT molecular complexity index is 253. The van der Waals surface area contributed by atoms with Gasteiger partial charge in [0.2, 0.25) is 5.91 Å². The number of rotatable bonds is 4. The zero-order chi connectivity index (χ0) is 11.4. The van der Waals surface area contributed by atoms with E-state index in [1.807, 2.05) is 13.8 Å². The average Bonchev–Trinajstić information content (AvgIpc) is 2.62. The van der Waals surface area contributed by atoms with Gasteiger partial charge in [-0.25, -0.2) is 0 Å². The third-order valence-corrected chi connectivity index (χ3v) is 2.55. The van der Waals surface area contributed by atoms with E-state index >= 15 is 0 Å². The Morgan fingerprint density at radius 2 is 2.20 bits per heavy atom. The molecule has 0 bridgehead atoms. The lowest BCUT2D eigenvalue weighted by Crippen LogP contribution is -2.39. The van der Waals surface area contributed by atoms with Crippen LogP contribution in [0.15, 0.2) is 0 Å². The number of hydrogen-bond acceptors (Lipinski definition) is 3. The zero-order valence-corrected chi connectivity index (χ0v) is 9.19. The maximum atomic E-state index is 11.6. The average molecular weight is 214 g/mol.